The summed E-state index contributed by atoms with van der Waals surface area (Å²) in [6, 6.07) is 14.4. The zero-order valence-corrected chi connectivity index (χ0v) is 18.1. The van der Waals surface area contributed by atoms with Gasteiger partial charge < -0.3 is 14.8 Å². The molecular formula is C22H25N3O4S. The minimum Gasteiger partial charge on any atom is -0.497 e. The van der Waals surface area contributed by atoms with Crippen LogP contribution in [-0.4, -0.2) is 47.9 Å². The monoisotopic (exact) mass is 427 g/mol. The van der Waals surface area contributed by atoms with Crippen LogP contribution in [0.25, 0.3) is 0 Å². The summed E-state index contributed by atoms with van der Waals surface area (Å²) in [4.78, 5) is 31.2. The molecule has 0 unspecified atom stereocenters. The molecule has 3 rings (SSSR count). The van der Waals surface area contributed by atoms with Crippen LogP contribution in [-0.2, 0) is 9.59 Å². The van der Waals surface area contributed by atoms with Crippen LogP contribution in [0.4, 0.5) is 11.4 Å². The second-order valence-electron chi connectivity index (χ2n) is 6.72. The van der Waals surface area contributed by atoms with Gasteiger partial charge in [-0.2, -0.15) is 0 Å². The molecule has 2 aromatic rings. The molecule has 158 valence electrons. The molecular weight excluding hydrogens is 402 g/mol. The standard InChI is InChI=1S/C22H25N3O4S/c1-4-12-29-17-10-8-15(9-11-17)23-21(27)19-14-20(26)25(2)22(30-19)24-16-6-5-7-18(13-16)28-3/h5-11,13,19H,4,12,14H2,1-3H3,(H,23,27)/t19-/m0/s1. The average Bonchev–Trinajstić information content (AvgIpc) is 2.76. The molecule has 8 heteroatoms. The number of nitrogens with zero attached hydrogens (tertiary/aromatic N) is 2. The van der Waals surface area contributed by atoms with E-state index in [1.807, 2.05) is 37.3 Å². The number of hydrogen-bond acceptors (Lipinski definition) is 6. The molecule has 30 heavy (non-hydrogen) atoms. The Labute approximate surface area is 180 Å². The molecule has 1 N–H and O–H groups in total. The van der Waals surface area contributed by atoms with Crippen molar-refractivity contribution in [3.63, 3.8) is 0 Å². The molecule has 0 spiro atoms. The van der Waals surface area contributed by atoms with E-state index in [9.17, 15) is 9.59 Å². The van der Waals surface area contributed by atoms with Crippen LogP contribution < -0.4 is 14.8 Å². The van der Waals surface area contributed by atoms with Gasteiger partial charge in [-0.3, -0.25) is 14.5 Å². The minimum atomic E-state index is -0.561. The van der Waals surface area contributed by atoms with Crippen molar-refractivity contribution in [3.05, 3.63) is 48.5 Å². The number of thioether (sulfide) groups is 1. The van der Waals surface area contributed by atoms with Crippen molar-refractivity contribution in [2.45, 2.75) is 25.0 Å². The predicted octanol–water partition coefficient (Wildman–Crippen LogP) is 4.07. The number of ether oxygens (including phenoxy) is 2. The Morgan fingerprint density at radius 2 is 2.00 bits per heavy atom. The van der Waals surface area contributed by atoms with Crippen LogP contribution >= 0.6 is 11.8 Å². The number of methoxy groups -OCH3 is 1. The smallest absolute Gasteiger partial charge is 0.238 e. The first-order valence-electron chi connectivity index (χ1n) is 9.70. The quantitative estimate of drug-likeness (QED) is 0.720. The van der Waals surface area contributed by atoms with Gasteiger partial charge in [-0.1, -0.05) is 24.8 Å². The van der Waals surface area contributed by atoms with E-state index in [1.165, 1.54) is 16.7 Å². The molecule has 2 amide bonds. The maximum Gasteiger partial charge on any atom is 0.238 e. The average molecular weight is 428 g/mol. The van der Waals surface area contributed by atoms with E-state index in [0.717, 1.165) is 12.2 Å². The lowest BCUT2D eigenvalue weighted by Crippen LogP contribution is -2.43. The summed E-state index contributed by atoms with van der Waals surface area (Å²) in [6.07, 6.45) is 1.04. The van der Waals surface area contributed by atoms with Gasteiger partial charge >= 0.3 is 0 Å². The molecule has 7 nitrogen and oxygen atoms in total. The van der Waals surface area contributed by atoms with Crippen molar-refractivity contribution in [2.24, 2.45) is 4.99 Å². The lowest BCUT2D eigenvalue weighted by molar-refractivity contribution is -0.128. The second-order valence-corrected chi connectivity index (χ2v) is 7.89. The summed E-state index contributed by atoms with van der Waals surface area (Å²) in [5.41, 5.74) is 1.31. The number of amides is 2. The summed E-state index contributed by atoms with van der Waals surface area (Å²) in [6.45, 7) is 2.69. The number of benzene rings is 2. The zero-order valence-electron chi connectivity index (χ0n) is 17.3. The van der Waals surface area contributed by atoms with Crippen molar-refractivity contribution < 1.29 is 19.1 Å². The fraction of sp³-hybridized carbons (Fsp3) is 0.318. The summed E-state index contributed by atoms with van der Waals surface area (Å²) in [7, 11) is 3.25. The van der Waals surface area contributed by atoms with Crippen LogP contribution in [0, 0.1) is 0 Å². The van der Waals surface area contributed by atoms with Gasteiger partial charge in [0, 0.05) is 25.2 Å². The third-order valence-electron chi connectivity index (χ3n) is 4.43. The van der Waals surface area contributed by atoms with E-state index in [4.69, 9.17) is 9.47 Å². The van der Waals surface area contributed by atoms with Gasteiger partial charge in [0.2, 0.25) is 11.8 Å². The van der Waals surface area contributed by atoms with E-state index in [2.05, 4.69) is 10.3 Å². The van der Waals surface area contributed by atoms with Crippen LogP contribution in [0.1, 0.15) is 19.8 Å². The predicted molar refractivity (Wildman–Crippen MR) is 120 cm³/mol. The zero-order chi connectivity index (χ0) is 21.5. The lowest BCUT2D eigenvalue weighted by atomic mass is 10.2. The highest BCUT2D eigenvalue weighted by atomic mass is 32.2. The van der Waals surface area contributed by atoms with Crippen molar-refractivity contribution >= 4 is 40.1 Å². The Balaban J connectivity index is 1.70. The summed E-state index contributed by atoms with van der Waals surface area (Å²) >= 11 is 1.27. The Bertz CT molecular complexity index is 930. The van der Waals surface area contributed by atoms with Crippen molar-refractivity contribution in [2.75, 3.05) is 26.1 Å². The number of rotatable bonds is 7. The summed E-state index contributed by atoms with van der Waals surface area (Å²) < 4.78 is 10.8. The first-order chi connectivity index (χ1) is 14.5. The number of carbonyl (C=O) groups excluding carboxylic acids is 2. The SMILES string of the molecule is CCCOc1ccc(NC(=O)[C@@H]2CC(=O)N(C)C(=Nc3cccc(OC)c3)S2)cc1. The number of carbonyl (C=O) groups is 2. The lowest BCUT2D eigenvalue weighted by Gasteiger charge is -2.28. The molecule has 1 fully saturated rings. The molecule has 0 bridgehead atoms. The van der Waals surface area contributed by atoms with Gasteiger partial charge in [-0.05, 0) is 42.8 Å². The van der Waals surface area contributed by atoms with Gasteiger partial charge in [0.05, 0.1) is 19.4 Å². The van der Waals surface area contributed by atoms with E-state index >= 15 is 0 Å². The van der Waals surface area contributed by atoms with Crippen LogP contribution in [0.15, 0.2) is 53.5 Å². The third kappa shape index (κ3) is 5.54. The minimum absolute atomic E-state index is 0.113. The molecule has 1 saturated heterocycles. The molecule has 0 aromatic heterocycles. The first-order valence-corrected chi connectivity index (χ1v) is 10.6. The van der Waals surface area contributed by atoms with Gasteiger partial charge in [0.1, 0.15) is 16.7 Å². The molecule has 1 atom stereocenters. The molecule has 1 aliphatic rings. The number of hydrogen-bond donors (Lipinski definition) is 1. The topological polar surface area (TPSA) is 80.2 Å². The van der Waals surface area contributed by atoms with Gasteiger partial charge in [0.25, 0.3) is 0 Å². The van der Waals surface area contributed by atoms with Crippen molar-refractivity contribution in [1.29, 1.82) is 0 Å². The third-order valence-corrected chi connectivity index (χ3v) is 5.68. The Kier molecular flexibility index (Phi) is 7.35. The Hall–Kier alpha value is -3.00. The number of aliphatic imine (C=N–C) groups is 1. The van der Waals surface area contributed by atoms with Crippen molar-refractivity contribution in [1.82, 2.24) is 4.90 Å². The van der Waals surface area contributed by atoms with Gasteiger partial charge in [-0.15, -0.1) is 0 Å². The highest BCUT2D eigenvalue weighted by molar-refractivity contribution is 8.15. The van der Waals surface area contributed by atoms with E-state index in [0.29, 0.717) is 28.9 Å². The van der Waals surface area contributed by atoms with E-state index < -0.39 is 5.25 Å². The van der Waals surface area contributed by atoms with Gasteiger partial charge in [-0.25, -0.2) is 4.99 Å². The maximum atomic E-state index is 12.8. The highest BCUT2D eigenvalue weighted by Crippen LogP contribution is 2.30. The summed E-state index contributed by atoms with van der Waals surface area (Å²) in [5.74, 6) is 1.04. The largest absolute Gasteiger partial charge is 0.497 e. The number of nitrogens with one attached hydrogen (secondary N) is 1. The van der Waals surface area contributed by atoms with Crippen LogP contribution in [0.2, 0.25) is 0 Å². The molecule has 1 aliphatic heterocycles. The van der Waals surface area contributed by atoms with E-state index in [1.54, 1.807) is 32.4 Å². The molecule has 0 radical (unpaired) electrons. The van der Waals surface area contributed by atoms with Crippen LogP contribution in [0.5, 0.6) is 11.5 Å². The fourth-order valence-electron chi connectivity index (χ4n) is 2.77. The normalized spacial score (nSPS) is 17.7. The molecule has 2 aromatic carbocycles. The molecule has 1 heterocycles. The Morgan fingerprint density at radius 1 is 1.23 bits per heavy atom. The van der Waals surface area contributed by atoms with Crippen molar-refractivity contribution in [3.8, 4) is 11.5 Å². The highest BCUT2D eigenvalue weighted by Gasteiger charge is 2.34. The van der Waals surface area contributed by atoms with Gasteiger partial charge in [0.15, 0.2) is 5.17 Å². The first kappa shape index (κ1) is 21.7. The number of anilines is 1. The Morgan fingerprint density at radius 3 is 2.70 bits per heavy atom. The second kappa shape index (κ2) is 10.2. The maximum absolute atomic E-state index is 12.8. The number of amidine groups is 1. The molecule has 0 aliphatic carbocycles. The summed E-state index contributed by atoms with van der Waals surface area (Å²) in [5, 5.41) is 2.79. The van der Waals surface area contributed by atoms with E-state index in [-0.39, 0.29) is 18.2 Å². The van der Waals surface area contributed by atoms with Crippen LogP contribution in [0.3, 0.4) is 0 Å². The molecule has 0 saturated carbocycles. The fourth-order valence-corrected chi connectivity index (χ4v) is 3.83.